The summed E-state index contributed by atoms with van der Waals surface area (Å²) in [6.45, 7) is 3.22. The summed E-state index contributed by atoms with van der Waals surface area (Å²) in [7, 11) is 0. The molecule has 2 rings (SSSR count). The van der Waals surface area contributed by atoms with Crippen LogP contribution in [-0.4, -0.2) is 12.6 Å². The third kappa shape index (κ3) is 5.34. The van der Waals surface area contributed by atoms with Gasteiger partial charge in [-0.3, -0.25) is 0 Å². The highest BCUT2D eigenvalue weighted by molar-refractivity contribution is 5.24. The van der Waals surface area contributed by atoms with Crippen molar-refractivity contribution in [3.8, 4) is 0 Å². The van der Waals surface area contributed by atoms with Crippen LogP contribution in [0.25, 0.3) is 0 Å². The molecule has 1 aliphatic rings. The van der Waals surface area contributed by atoms with Crippen LogP contribution in [-0.2, 0) is 12.6 Å². The number of rotatable bonds is 8. The molecule has 1 unspecified atom stereocenters. The van der Waals surface area contributed by atoms with Crippen LogP contribution < -0.4 is 5.32 Å². The van der Waals surface area contributed by atoms with Gasteiger partial charge in [0.1, 0.15) is 0 Å². The summed E-state index contributed by atoms with van der Waals surface area (Å²) < 4.78 is 37.4. The monoisotopic (exact) mass is 299 g/mol. The average Bonchev–Trinajstić information content (AvgIpc) is 3.26. The molecule has 0 heterocycles. The predicted octanol–water partition coefficient (Wildman–Crippen LogP) is 4.81. The molecule has 0 radical (unpaired) electrons. The minimum absolute atomic E-state index is 0.563. The molecule has 1 aromatic rings. The molecule has 118 valence electrons. The number of alkyl halides is 3. The smallest absolute Gasteiger partial charge is 0.314 e. The molecular weight excluding hydrogens is 275 g/mol. The number of benzene rings is 1. The van der Waals surface area contributed by atoms with Gasteiger partial charge in [-0.05, 0) is 68.7 Å². The van der Waals surface area contributed by atoms with E-state index < -0.39 is 11.7 Å². The van der Waals surface area contributed by atoms with E-state index in [4.69, 9.17) is 0 Å². The van der Waals surface area contributed by atoms with Gasteiger partial charge >= 0.3 is 6.18 Å². The van der Waals surface area contributed by atoms with E-state index in [-0.39, 0.29) is 0 Å². The van der Waals surface area contributed by atoms with E-state index >= 15 is 0 Å². The Morgan fingerprint density at radius 1 is 1.19 bits per heavy atom. The molecular formula is C17H24F3N. The third-order valence-corrected chi connectivity index (χ3v) is 4.11. The average molecular weight is 299 g/mol. The Labute approximate surface area is 124 Å². The summed E-state index contributed by atoms with van der Waals surface area (Å²) in [6, 6.07) is 6.17. The minimum Gasteiger partial charge on any atom is -0.314 e. The van der Waals surface area contributed by atoms with Gasteiger partial charge in [-0.25, -0.2) is 0 Å². The molecule has 0 amide bonds. The zero-order valence-corrected chi connectivity index (χ0v) is 12.5. The van der Waals surface area contributed by atoms with E-state index in [0.717, 1.165) is 43.7 Å². The van der Waals surface area contributed by atoms with Gasteiger partial charge in [-0.15, -0.1) is 0 Å². The topological polar surface area (TPSA) is 12.0 Å². The van der Waals surface area contributed by atoms with Crippen molar-refractivity contribution in [1.82, 2.24) is 5.32 Å². The summed E-state index contributed by atoms with van der Waals surface area (Å²) in [5, 5.41) is 3.60. The van der Waals surface area contributed by atoms with Crippen molar-refractivity contribution in [2.75, 3.05) is 6.54 Å². The summed E-state index contributed by atoms with van der Waals surface area (Å²) in [5.41, 5.74) is 0.430. The molecule has 0 saturated heterocycles. The summed E-state index contributed by atoms with van der Waals surface area (Å²) in [4.78, 5) is 0. The quantitative estimate of drug-likeness (QED) is 0.726. The number of halogens is 3. The van der Waals surface area contributed by atoms with Gasteiger partial charge in [-0.1, -0.05) is 19.1 Å². The first-order valence-electron chi connectivity index (χ1n) is 7.90. The maximum atomic E-state index is 12.5. The molecule has 0 bridgehead atoms. The fourth-order valence-corrected chi connectivity index (χ4v) is 2.72. The van der Waals surface area contributed by atoms with Crippen molar-refractivity contribution in [2.24, 2.45) is 5.92 Å². The zero-order chi connectivity index (χ0) is 15.3. The molecule has 1 nitrogen and oxygen atoms in total. The van der Waals surface area contributed by atoms with Crippen molar-refractivity contribution in [3.63, 3.8) is 0 Å². The van der Waals surface area contributed by atoms with E-state index in [1.165, 1.54) is 25.0 Å². The van der Waals surface area contributed by atoms with Crippen LogP contribution >= 0.6 is 0 Å². The van der Waals surface area contributed by atoms with Crippen molar-refractivity contribution < 1.29 is 13.2 Å². The molecule has 21 heavy (non-hydrogen) atoms. The first kappa shape index (κ1) is 16.3. The fraction of sp³-hybridized carbons (Fsp3) is 0.647. The molecule has 0 aromatic heterocycles. The van der Waals surface area contributed by atoms with E-state index in [9.17, 15) is 13.2 Å². The Bertz CT molecular complexity index is 421. The van der Waals surface area contributed by atoms with Crippen molar-refractivity contribution in [1.29, 1.82) is 0 Å². The maximum absolute atomic E-state index is 12.5. The van der Waals surface area contributed by atoms with Crippen LogP contribution in [0, 0.1) is 5.92 Å². The lowest BCUT2D eigenvalue weighted by molar-refractivity contribution is -0.137. The second-order valence-electron chi connectivity index (χ2n) is 5.98. The molecule has 0 aliphatic heterocycles. The molecule has 0 spiro atoms. The number of hydrogen-bond donors (Lipinski definition) is 1. The molecule has 1 saturated carbocycles. The van der Waals surface area contributed by atoms with Crippen LogP contribution in [0.3, 0.4) is 0 Å². The first-order chi connectivity index (χ1) is 10.0. The lowest BCUT2D eigenvalue weighted by atomic mass is 10.0. The van der Waals surface area contributed by atoms with Crippen LogP contribution in [0.1, 0.15) is 50.2 Å². The normalized spacial score (nSPS) is 17.0. The van der Waals surface area contributed by atoms with Crippen LogP contribution in [0.15, 0.2) is 24.3 Å². The molecule has 1 fully saturated rings. The van der Waals surface area contributed by atoms with Gasteiger partial charge in [0.2, 0.25) is 0 Å². The number of hydrogen-bond acceptors (Lipinski definition) is 1. The predicted molar refractivity (Wildman–Crippen MR) is 79.2 cm³/mol. The standard InChI is InChI=1S/C17H24F3N/c1-2-12-21-16(14-8-9-14)5-3-4-13-6-10-15(11-7-13)17(18,19)20/h6-7,10-11,14,16,21H,2-5,8-9,12H2,1H3. The Kier molecular flexibility index (Phi) is 5.68. The van der Waals surface area contributed by atoms with Gasteiger partial charge < -0.3 is 5.32 Å². The van der Waals surface area contributed by atoms with E-state index in [0.29, 0.717) is 6.04 Å². The summed E-state index contributed by atoms with van der Waals surface area (Å²) in [6.07, 6.45) is 2.55. The van der Waals surface area contributed by atoms with Crippen LogP contribution in [0.5, 0.6) is 0 Å². The maximum Gasteiger partial charge on any atom is 0.416 e. The molecule has 1 aromatic carbocycles. The van der Waals surface area contributed by atoms with Crippen LogP contribution in [0.4, 0.5) is 13.2 Å². The Morgan fingerprint density at radius 3 is 2.38 bits per heavy atom. The van der Waals surface area contributed by atoms with Gasteiger partial charge in [0, 0.05) is 6.04 Å². The Balaban J connectivity index is 1.77. The minimum atomic E-state index is -4.24. The van der Waals surface area contributed by atoms with Gasteiger partial charge in [0.25, 0.3) is 0 Å². The lowest BCUT2D eigenvalue weighted by Gasteiger charge is -2.17. The highest BCUT2D eigenvalue weighted by Crippen LogP contribution is 2.35. The van der Waals surface area contributed by atoms with E-state index in [1.807, 2.05) is 0 Å². The molecule has 4 heteroatoms. The van der Waals surface area contributed by atoms with E-state index in [1.54, 1.807) is 12.1 Å². The van der Waals surface area contributed by atoms with Gasteiger partial charge in [0.15, 0.2) is 0 Å². The highest BCUT2D eigenvalue weighted by atomic mass is 19.4. The van der Waals surface area contributed by atoms with Gasteiger partial charge in [0.05, 0.1) is 5.56 Å². The van der Waals surface area contributed by atoms with Crippen molar-refractivity contribution in [3.05, 3.63) is 35.4 Å². The third-order valence-electron chi connectivity index (χ3n) is 4.11. The highest BCUT2D eigenvalue weighted by Gasteiger charge is 2.31. The van der Waals surface area contributed by atoms with Crippen molar-refractivity contribution >= 4 is 0 Å². The van der Waals surface area contributed by atoms with Gasteiger partial charge in [-0.2, -0.15) is 13.2 Å². The fourth-order valence-electron chi connectivity index (χ4n) is 2.72. The largest absolute Gasteiger partial charge is 0.416 e. The van der Waals surface area contributed by atoms with E-state index in [2.05, 4.69) is 12.2 Å². The van der Waals surface area contributed by atoms with Crippen LogP contribution in [0.2, 0.25) is 0 Å². The number of aryl methyl sites for hydroxylation is 1. The van der Waals surface area contributed by atoms with Crippen molar-refractivity contribution in [2.45, 2.75) is 57.7 Å². The zero-order valence-electron chi connectivity index (χ0n) is 12.5. The second kappa shape index (κ2) is 7.30. The first-order valence-corrected chi connectivity index (χ1v) is 7.90. The Morgan fingerprint density at radius 2 is 1.86 bits per heavy atom. The lowest BCUT2D eigenvalue weighted by Crippen LogP contribution is -2.31. The summed E-state index contributed by atoms with van der Waals surface area (Å²) >= 11 is 0. The molecule has 1 atom stereocenters. The SMILES string of the molecule is CCCNC(CCCc1ccc(C(F)(F)F)cc1)C1CC1. The number of nitrogens with one attached hydrogen (secondary N) is 1. The molecule has 1 N–H and O–H groups in total. The second-order valence-corrected chi connectivity index (χ2v) is 5.98. The molecule has 1 aliphatic carbocycles. The summed E-state index contributed by atoms with van der Waals surface area (Å²) in [5.74, 6) is 0.823. The Hall–Kier alpha value is -1.03.